The molecule has 0 fully saturated rings. The third-order valence-electron chi connectivity index (χ3n) is 0.172. The van der Waals surface area contributed by atoms with E-state index >= 15 is 0 Å². The number of halogens is 3. The van der Waals surface area contributed by atoms with E-state index in [0.29, 0.717) is 0 Å². The summed E-state index contributed by atoms with van der Waals surface area (Å²) in [7, 11) is 0. The van der Waals surface area contributed by atoms with E-state index in [1.54, 1.807) is 0 Å². The van der Waals surface area contributed by atoms with Gasteiger partial charge in [-0.05, 0) is 11.6 Å². The van der Waals surface area contributed by atoms with Crippen molar-refractivity contribution in [1.82, 2.24) is 0 Å². The van der Waals surface area contributed by atoms with Crippen LogP contribution in [-0.4, -0.2) is 10.9 Å². The van der Waals surface area contributed by atoms with Gasteiger partial charge in [0.1, 0.15) is 0 Å². The smallest absolute Gasteiger partial charge is 0.271 e. The van der Waals surface area contributed by atoms with E-state index in [1.165, 1.54) is 0 Å². The Morgan fingerprint density at radius 3 is 2.00 bits per heavy atom. The van der Waals surface area contributed by atoms with Crippen molar-refractivity contribution in [2.75, 3.05) is 0 Å². The molecule has 0 saturated heterocycles. The first-order valence-electron chi connectivity index (χ1n) is 1.12. The average molecular weight is 131 g/mol. The number of alkyl halides is 2. The van der Waals surface area contributed by atoms with Gasteiger partial charge in [-0.2, -0.15) is 0 Å². The molecule has 0 N–H and O–H groups in total. The van der Waals surface area contributed by atoms with Crippen LogP contribution in [0.15, 0.2) is 0 Å². The minimum absolute atomic E-state index is 1.17. The number of carbonyl (C=O) groups is 1. The molecule has 0 aliphatic heterocycles. The molecule has 1 nitrogen and oxygen atoms in total. The predicted octanol–water partition coefficient (Wildman–Crippen LogP) is 1.29. The lowest BCUT2D eigenvalue weighted by Crippen LogP contribution is -1.97. The molecule has 36 valence electrons. The summed E-state index contributed by atoms with van der Waals surface area (Å²) in [5.41, 5.74) is -2.05. The van der Waals surface area contributed by atoms with Gasteiger partial charge in [0.2, 0.25) is 5.63 Å². The fourth-order valence-electron chi connectivity index (χ4n) is 0. The van der Waals surface area contributed by atoms with Crippen molar-refractivity contribution < 1.29 is 9.18 Å². The highest BCUT2D eigenvalue weighted by Crippen LogP contribution is 1.99. The Morgan fingerprint density at radius 1 is 1.83 bits per heavy atom. The number of rotatable bonds is 1. The van der Waals surface area contributed by atoms with Crippen LogP contribution < -0.4 is 0 Å². The van der Waals surface area contributed by atoms with Crippen LogP contribution in [-0.2, 0) is 4.79 Å². The Balaban J connectivity index is 3.26. The van der Waals surface area contributed by atoms with Crippen molar-refractivity contribution in [2.24, 2.45) is 0 Å². The van der Waals surface area contributed by atoms with Crippen LogP contribution in [0.1, 0.15) is 0 Å². The van der Waals surface area contributed by atoms with Gasteiger partial charge in [0.25, 0.3) is 5.24 Å². The van der Waals surface area contributed by atoms with Crippen LogP contribution in [0.2, 0.25) is 0 Å². The first-order valence-corrected chi connectivity index (χ1v) is 1.93. The Labute approximate surface area is 44.0 Å². The molecule has 0 rings (SSSR count). The van der Waals surface area contributed by atoms with E-state index in [4.69, 9.17) is 0 Å². The Bertz CT molecular complexity index is 62.6. The Morgan fingerprint density at radius 2 is 2.00 bits per heavy atom. The van der Waals surface area contributed by atoms with Gasteiger partial charge in [0, 0.05) is 0 Å². The summed E-state index contributed by atoms with van der Waals surface area (Å²) in [5.74, 6) is 0. The Hall–Kier alpha value is 0.180. The topological polar surface area (TPSA) is 17.1 Å². The predicted molar refractivity (Wildman–Crippen MR) is 21.6 cm³/mol. The SMILES string of the molecule is O=C(Cl)C(F)Cl. The van der Waals surface area contributed by atoms with E-state index in [0.717, 1.165) is 0 Å². The summed E-state index contributed by atoms with van der Waals surface area (Å²) in [4.78, 5) is 9.40. The Kier molecular flexibility index (Phi) is 2.44. The normalized spacial score (nSPS) is 13.8. The summed E-state index contributed by atoms with van der Waals surface area (Å²) in [6.45, 7) is 0. The second-order valence-electron chi connectivity index (χ2n) is 0.605. The number of carbonyl (C=O) groups excluding carboxylic acids is 1. The fourth-order valence-corrected chi connectivity index (χ4v) is 0. The molecule has 0 heterocycles. The fraction of sp³-hybridized carbons (Fsp3) is 0.500. The monoisotopic (exact) mass is 130 g/mol. The molecule has 0 aromatic carbocycles. The summed E-state index contributed by atoms with van der Waals surface area (Å²) in [6, 6.07) is 0. The molecule has 6 heavy (non-hydrogen) atoms. The molecule has 0 aromatic heterocycles. The van der Waals surface area contributed by atoms with Crippen molar-refractivity contribution in [3.8, 4) is 0 Å². The van der Waals surface area contributed by atoms with Gasteiger partial charge in [-0.25, -0.2) is 4.39 Å². The highest BCUT2D eigenvalue weighted by molar-refractivity contribution is 6.68. The van der Waals surface area contributed by atoms with E-state index in [-0.39, 0.29) is 0 Å². The van der Waals surface area contributed by atoms with Crippen LogP contribution in [0.25, 0.3) is 0 Å². The van der Waals surface area contributed by atoms with Gasteiger partial charge in [-0.3, -0.25) is 4.79 Å². The molecule has 0 aliphatic carbocycles. The van der Waals surface area contributed by atoms with Crippen molar-refractivity contribution >= 4 is 28.4 Å². The zero-order chi connectivity index (χ0) is 5.15. The lowest BCUT2D eigenvalue weighted by atomic mass is 10.9. The molecule has 1 atom stereocenters. The summed E-state index contributed by atoms with van der Waals surface area (Å²) in [5, 5.41) is -1.17. The second kappa shape index (κ2) is 2.37. The van der Waals surface area contributed by atoms with Gasteiger partial charge in [-0.1, -0.05) is 11.6 Å². The average Bonchev–Trinajstić information content (AvgIpc) is 1.36. The van der Waals surface area contributed by atoms with Gasteiger partial charge in [0.05, 0.1) is 0 Å². The highest BCUT2D eigenvalue weighted by Gasteiger charge is 2.06. The van der Waals surface area contributed by atoms with Gasteiger partial charge in [0.15, 0.2) is 0 Å². The molecule has 0 radical (unpaired) electrons. The zero-order valence-corrected chi connectivity index (χ0v) is 4.13. The molecule has 0 saturated carbocycles. The minimum atomic E-state index is -2.05. The van der Waals surface area contributed by atoms with E-state index in [2.05, 4.69) is 23.2 Å². The lowest BCUT2D eigenvalue weighted by Gasteiger charge is -1.81. The molecule has 0 bridgehead atoms. The molecule has 0 aliphatic rings. The third kappa shape index (κ3) is 2.42. The standard InChI is InChI=1S/C2HCl2FO/c3-1(5)2(4)6/h1H. The molecular weight excluding hydrogens is 130 g/mol. The van der Waals surface area contributed by atoms with E-state index in [9.17, 15) is 9.18 Å². The van der Waals surface area contributed by atoms with Crippen LogP contribution in [0.4, 0.5) is 4.39 Å². The van der Waals surface area contributed by atoms with Crippen LogP contribution in [0, 0.1) is 0 Å². The first-order chi connectivity index (χ1) is 2.64. The molecule has 1 unspecified atom stereocenters. The van der Waals surface area contributed by atoms with E-state index < -0.39 is 10.9 Å². The largest absolute Gasteiger partial charge is 0.276 e. The van der Waals surface area contributed by atoms with Crippen molar-refractivity contribution in [2.45, 2.75) is 5.63 Å². The van der Waals surface area contributed by atoms with Gasteiger partial charge in [-0.15, -0.1) is 0 Å². The van der Waals surface area contributed by atoms with Gasteiger partial charge < -0.3 is 0 Å². The maximum atomic E-state index is 11.1. The van der Waals surface area contributed by atoms with E-state index in [1.807, 2.05) is 0 Å². The molecule has 0 aromatic rings. The van der Waals surface area contributed by atoms with Crippen molar-refractivity contribution in [3.63, 3.8) is 0 Å². The molecule has 0 amide bonds. The second-order valence-corrected chi connectivity index (χ2v) is 1.36. The summed E-state index contributed by atoms with van der Waals surface area (Å²) >= 11 is 8.93. The third-order valence-corrected chi connectivity index (χ3v) is 0.673. The minimum Gasteiger partial charge on any atom is -0.276 e. The quantitative estimate of drug-likeness (QED) is 0.387. The van der Waals surface area contributed by atoms with Crippen molar-refractivity contribution in [3.05, 3.63) is 0 Å². The first kappa shape index (κ1) is 6.18. The van der Waals surface area contributed by atoms with Crippen molar-refractivity contribution in [1.29, 1.82) is 0 Å². The van der Waals surface area contributed by atoms with Crippen LogP contribution >= 0.6 is 23.2 Å². The van der Waals surface area contributed by atoms with Crippen LogP contribution in [0.3, 0.4) is 0 Å². The zero-order valence-electron chi connectivity index (χ0n) is 2.62. The molecule has 0 spiro atoms. The highest BCUT2D eigenvalue weighted by atomic mass is 35.5. The summed E-state index contributed by atoms with van der Waals surface area (Å²) < 4.78 is 11.1. The van der Waals surface area contributed by atoms with Crippen LogP contribution in [0.5, 0.6) is 0 Å². The number of hydrogen-bond donors (Lipinski definition) is 0. The molecule has 4 heteroatoms. The lowest BCUT2D eigenvalue weighted by molar-refractivity contribution is -0.113. The maximum Gasteiger partial charge on any atom is 0.271 e. The summed E-state index contributed by atoms with van der Waals surface area (Å²) in [6.07, 6.45) is 0. The number of hydrogen-bond acceptors (Lipinski definition) is 1. The molecular formula is C2HCl2FO. The van der Waals surface area contributed by atoms with Gasteiger partial charge >= 0.3 is 0 Å². The maximum absolute atomic E-state index is 11.1.